The minimum atomic E-state index is -1.15. The monoisotopic (exact) mass is 579 g/mol. The molecule has 0 fully saturated rings. The quantitative estimate of drug-likeness (QED) is 0.320. The van der Waals surface area contributed by atoms with Gasteiger partial charge in [0.05, 0.1) is 47.2 Å². The maximum Gasteiger partial charge on any atom is 0.336 e. The number of carbonyl (C=O) groups is 3. The number of hydrogen-bond donors (Lipinski definition) is 1. The number of rotatable bonds is 10. The van der Waals surface area contributed by atoms with Crippen molar-refractivity contribution in [3.8, 4) is 23.0 Å². The topological polar surface area (TPSA) is 119 Å². The Balaban J connectivity index is 1.97. The van der Waals surface area contributed by atoms with Gasteiger partial charge in [-0.1, -0.05) is 12.1 Å². The maximum absolute atomic E-state index is 14.6. The van der Waals surface area contributed by atoms with Crippen molar-refractivity contribution >= 4 is 17.7 Å². The van der Waals surface area contributed by atoms with Crippen LogP contribution in [0.25, 0.3) is 0 Å². The first-order valence-corrected chi connectivity index (χ1v) is 13.8. The van der Waals surface area contributed by atoms with Crippen LogP contribution < -0.4 is 24.3 Å². The molecule has 1 N–H and O–H groups in total. The van der Waals surface area contributed by atoms with Gasteiger partial charge in [0, 0.05) is 28.8 Å². The fraction of sp³-hybridized carbons (Fsp3) is 0.406. The van der Waals surface area contributed by atoms with E-state index in [-0.39, 0.29) is 24.4 Å². The third-order valence-corrected chi connectivity index (χ3v) is 7.60. The standard InChI is InChI=1S/C32H37NO9/c1-8-41-31(35)25-17(3)33-22-16-21(18-11-10-12-20(13-18)37-4)27(32(36)42-9-2)29(34)28(22)26(25)19-14-23(38-5)30(40-7)24(15-19)39-6/h10-15,21,26-27,33H,8-9,16H2,1-7H3/t21-,26+,27+/m0/s1. The molecule has 1 heterocycles. The Morgan fingerprint density at radius 2 is 1.55 bits per heavy atom. The van der Waals surface area contributed by atoms with E-state index in [0.29, 0.717) is 46.4 Å². The van der Waals surface area contributed by atoms with Gasteiger partial charge in [-0.15, -0.1) is 0 Å². The SMILES string of the molecule is CCOC(=O)C1=C(C)NC2=C(C(=O)[C@H](C(=O)OCC)[C@H](c3cccc(OC)c3)C2)[C@@H]1c1cc(OC)c(OC)c(OC)c1. The molecule has 0 amide bonds. The van der Waals surface area contributed by atoms with E-state index in [0.717, 1.165) is 5.56 Å². The molecule has 2 aromatic carbocycles. The number of ketones is 1. The third kappa shape index (κ3) is 5.53. The van der Waals surface area contributed by atoms with E-state index in [1.807, 2.05) is 18.2 Å². The van der Waals surface area contributed by atoms with Gasteiger partial charge in [-0.2, -0.15) is 0 Å². The summed E-state index contributed by atoms with van der Waals surface area (Å²) in [5, 5.41) is 3.30. The number of dihydropyridines is 1. The van der Waals surface area contributed by atoms with E-state index in [9.17, 15) is 14.4 Å². The zero-order valence-electron chi connectivity index (χ0n) is 25.0. The lowest BCUT2D eigenvalue weighted by molar-refractivity contribution is -0.152. The fourth-order valence-electron chi connectivity index (χ4n) is 5.80. The maximum atomic E-state index is 14.6. The van der Waals surface area contributed by atoms with E-state index in [1.165, 1.54) is 21.3 Å². The summed E-state index contributed by atoms with van der Waals surface area (Å²) in [7, 11) is 6.03. The molecule has 0 radical (unpaired) electrons. The first kappa shape index (κ1) is 30.5. The van der Waals surface area contributed by atoms with Crippen LogP contribution in [0, 0.1) is 5.92 Å². The second kappa shape index (κ2) is 13.0. The van der Waals surface area contributed by atoms with Crippen molar-refractivity contribution in [3.05, 3.63) is 70.1 Å². The number of Topliss-reactive ketones (excluding diaryl/α,β-unsaturated/α-hetero) is 1. The minimum absolute atomic E-state index is 0.112. The third-order valence-electron chi connectivity index (χ3n) is 7.60. The highest BCUT2D eigenvalue weighted by molar-refractivity contribution is 6.13. The van der Waals surface area contributed by atoms with E-state index in [1.54, 1.807) is 46.1 Å². The zero-order valence-corrected chi connectivity index (χ0v) is 25.0. The van der Waals surface area contributed by atoms with Crippen molar-refractivity contribution in [2.75, 3.05) is 41.7 Å². The smallest absolute Gasteiger partial charge is 0.336 e. The van der Waals surface area contributed by atoms with Crippen molar-refractivity contribution in [3.63, 3.8) is 0 Å². The summed E-state index contributed by atoms with van der Waals surface area (Å²) < 4.78 is 33.0. The summed E-state index contributed by atoms with van der Waals surface area (Å²) >= 11 is 0. The number of esters is 2. The molecule has 0 unspecified atom stereocenters. The number of hydrogen-bond acceptors (Lipinski definition) is 10. The highest BCUT2D eigenvalue weighted by Gasteiger charge is 2.49. The van der Waals surface area contributed by atoms with E-state index >= 15 is 0 Å². The van der Waals surface area contributed by atoms with Gasteiger partial charge >= 0.3 is 11.9 Å². The van der Waals surface area contributed by atoms with Crippen molar-refractivity contribution in [2.24, 2.45) is 5.92 Å². The van der Waals surface area contributed by atoms with Crippen LogP contribution in [-0.2, 0) is 23.9 Å². The van der Waals surface area contributed by atoms with Crippen LogP contribution >= 0.6 is 0 Å². The van der Waals surface area contributed by atoms with Gasteiger partial charge in [-0.25, -0.2) is 4.79 Å². The summed E-state index contributed by atoms with van der Waals surface area (Å²) in [5.41, 5.74) is 2.99. The van der Waals surface area contributed by atoms with Crippen LogP contribution in [-0.4, -0.2) is 59.4 Å². The van der Waals surface area contributed by atoms with E-state index in [2.05, 4.69) is 5.32 Å². The second-order valence-electron chi connectivity index (χ2n) is 9.85. The summed E-state index contributed by atoms with van der Waals surface area (Å²) in [6.45, 7) is 5.43. The molecule has 0 saturated carbocycles. The molecule has 3 atom stereocenters. The first-order chi connectivity index (χ1) is 20.2. The van der Waals surface area contributed by atoms with Crippen LogP contribution in [0.3, 0.4) is 0 Å². The van der Waals surface area contributed by atoms with Gasteiger partial charge in [0.2, 0.25) is 5.75 Å². The molecule has 1 aliphatic carbocycles. The van der Waals surface area contributed by atoms with Gasteiger partial charge in [-0.05, 0) is 62.6 Å². The molecule has 4 rings (SSSR count). The van der Waals surface area contributed by atoms with Crippen LogP contribution in [0.15, 0.2) is 58.9 Å². The predicted octanol–water partition coefficient (Wildman–Crippen LogP) is 4.43. The fourth-order valence-corrected chi connectivity index (χ4v) is 5.80. The van der Waals surface area contributed by atoms with Gasteiger partial charge in [0.15, 0.2) is 17.3 Å². The molecule has 0 saturated heterocycles. The highest BCUT2D eigenvalue weighted by atomic mass is 16.5. The molecular formula is C32H37NO9. The van der Waals surface area contributed by atoms with Crippen molar-refractivity contribution < 1.29 is 42.8 Å². The summed E-state index contributed by atoms with van der Waals surface area (Å²) in [6, 6.07) is 10.7. The second-order valence-corrected chi connectivity index (χ2v) is 9.85. The normalized spacial score (nSPS) is 19.9. The molecule has 42 heavy (non-hydrogen) atoms. The summed E-state index contributed by atoms with van der Waals surface area (Å²) in [4.78, 5) is 41.5. The Labute approximate surface area is 245 Å². The lowest BCUT2D eigenvalue weighted by Gasteiger charge is -2.39. The molecule has 10 nitrogen and oxygen atoms in total. The Kier molecular flexibility index (Phi) is 9.45. The Hall–Kier alpha value is -4.47. The van der Waals surface area contributed by atoms with Gasteiger partial charge < -0.3 is 33.7 Å². The van der Waals surface area contributed by atoms with Gasteiger partial charge in [0.25, 0.3) is 0 Å². The molecular weight excluding hydrogens is 542 g/mol. The Bertz CT molecular complexity index is 1420. The van der Waals surface area contributed by atoms with Crippen LogP contribution in [0.5, 0.6) is 23.0 Å². The average molecular weight is 580 g/mol. The lowest BCUT2D eigenvalue weighted by Crippen LogP contribution is -2.43. The number of ether oxygens (including phenoxy) is 6. The Morgan fingerprint density at radius 3 is 2.12 bits per heavy atom. The van der Waals surface area contributed by atoms with Crippen molar-refractivity contribution in [1.82, 2.24) is 5.32 Å². The zero-order chi connectivity index (χ0) is 30.6. The first-order valence-electron chi connectivity index (χ1n) is 13.8. The van der Waals surface area contributed by atoms with Crippen LogP contribution in [0.2, 0.25) is 0 Å². The number of carbonyl (C=O) groups excluding carboxylic acids is 3. The highest BCUT2D eigenvalue weighted by Crippen LogP contribution is 2.50. The van der Waals surface area contributed by atoms with Gasteiger partial charge in [-0.3, -0.25) is 9.59 Å². The molecule has 0 bridgehead atoms. The molecule has 2 aromatic rings. The predicted molar refractivity (Wildman–Crippen MR) is 154 cm³/mol. The number of allylic oxidation sites excluding steroid dienone is 3. The molecule has 10 heteroatoms. The Morgan fingerprint density at radius 1 is 0.881 bits per heavy atom. The molecule has 2 aliphatic rings. The minimum Gasteiger partial charge on any atom is -0.497 e. The van der Waals surface area contributed by atoms with Crippen molar-refractivity contribution in [2.45, 2.75) is 39.0 Å². The van der Waals surface area contributed by atoms with Crippen molar-refractivity contribution in [1.29, 1.82) is 0 Å². The molecule has 224 valence electrons. The molecule has 0 aromatic heterocycles. The summed E-state index contributed by atoms with van der Waals surface area (Å²) in [5.74, 6) is -2.54. The van der Waals surface area contributed by atoms with Crippen LogP contribution in [0.1, 0.15) is 50.2 Å². The number of nitrogens with one attached hydrogen (secondary N) is 1. The molecule has 1 aliphatic heterocycles. The van der Waals surface area contributed by atoms with E-state index in [4.69, 9.17) is 28.4 Å². The summed E-state index contributed by atoms with van der Waals surface area (Å²) in [6.07, 6.45) is 0.312. The number of methoxy groups -OCH3 is 4. The number of benzene rings is 2. The lowest BCUT2D eigenvalue weighted by atomic mass is 9.67. The average Bonchev–Trinajstić information content (AvgIpc) is 2.99. The van der Waals surface area contributed by atoms with Gasteiger partial charge in [0.1, 0.15) is 11.7 Å². The molecule has 0 spiro atoms. The van der Waals surface area contributed by atoms with E-state index < -0.39 is 35.5 Å². The van der Waals surface area contributed by atoms with Crippen LogP contribution in [0.4, 0.5) is 0 Å². The largest absolute Gasteiger partial charge is 0.497 e.